The Hall–Kier alpha value is -5.46. The second-order valence-corrected chi connectivity index (χ2v) is 22.2. The van der Waals surface area contributed by atoms with Crippen LogP contribution in [0.4, 0.5) is 0 Å². The summed E-state index contributed by atoms with van der Waals surface area (Å²) in [6, 6.07) is -2.65. The normalized spacial score (nSPS) is 15.0. The van der Waals surface area contributed by atoms with Gasteiger partial charge in [-0.1, -0.05) is 48.5 Å². The van der Waals surface area contributed by atoms with Crippen molar-refractivity contribution in [3.05, 3.63) is 0 Å². The number of rotatable bonds is 40. The van der Waals surface area contributed by atoms with Crippen LogP contribution in [0.25, 0.3) is 0 Å². The molecule has 24 heteroatoms. The Balaban J connectivity index is 6.89. The van der Waals surface area contributed by atoms with E-state index in [-0.39, 0.29) is 63.3 Å². The molecule has 10 unspecified atom stereocenters. The monoisotopic (exact) mass is 1150 g/mol. The molecule has 468 valence electrons. The molecule has 0 heterocycles. The predicted octanol–water partition coefficient (Wildman–Crippen LogP) is 1.25. The van der Waals surface area contributed by atoms with Crippen LogP contribution in [-0.4, -0.2) is 264 Å². The highest BCUT2D eigenvalue weighted by atomic mass is 16.3. The Kier molecular flexibility index (Phi) is 35.8. The number of nitrogens with one attached hydrogen (secondary N) is 1. The summed E-state index contributed by atoms with van der Waals surface area (Å²) in [6.45, 7) is 24.3. The lowest BCUT2D eigenvalue weighted by molar-refractivity contribution is -0.152. The maximum absolute atomic E-state index is 14.5. The van der Waals surface area contributed by atoms with Crippen LogP contribution < -0.4 is 11.1 Å². The molecule has 0 aliphatic heterocycles. The maximum Gasteiger partial charge on any atom is 0.242 e. The van der Waals surface area contributed by atoms with Crippen LogP contribution in [0.1, 0.15) is 163 Å². The zero-order valence-corrected chi connectivity index (χ0v) is 52.4. The van der Waals surface area contributed by atoms with E-state index in [4.69, 9.17) is 5.73 Å². The molecule has 10 amide bonds. The Morgan fingerprint density at radius 1 is 0.321 bits per heavy atom. The van der Waals surface area contributed by atoms with Crippen molar-refractivity contribution in [1.82, 2.24) is 49.4 Å². The highest BCUT2D eigenvalue weighted by Gasteiger charge is 2.36. The van der Waals surface area contributed by atoms with Gasteiger partial charge in [-0.25, -0.2) is 0 Å². The fourth-order valence-electron chi connectivity index (χ4n) is 8.63. The number of nitrogens with two attached hydrogens (primary N) is 1. The third-order valence-electron chi connectivity index (χ3n) is 15.2. The van der Waals surface area contributed by atoms with Gasteiger partial charge in [-0.05, 0) is 114 Å². The van der Waals surface area contributed by atoms with Crippen LogP contribution in [0.3, 0.4) is 0 Å². The first kappa shape index (κ1) is 75.5. The van der Waals surface area contributed by atoms with Crippen molar-refractivity contribution in [2.24, 2.45) is 5.73 Å². The summed E-state index contributed by atoms with van der Waals surface area (Å²) in [5, 5.41) is 34.9. The Morgan fingerprint density at radius 2 is 0.531 bits per heavy atom. The summed E-state index contributed by atoms with van der Waals surface area (Å²) in [5.41, 5.74) is 5.45. The first-order chi connectivity index (χ1) is 37.8. The molecule has 0 radical (unpaired) electrons. The Morgan fingerprint density at radius 3 is 0.765 bits per heavy atom. The number of amides is 10. The molecule has 6 N–H and O–H groups in total. The number of aliphatic hydroxyl groups excluding tert-OH is 3. The topological polar surface area (TPSA) is 299 Å². The lowest BCUT2D eigenvalue weighted by atomic mass is 10.1. The van der Waals surface area contributed by atoms with Crippen LogP contribution in [0, 0.1) is 0 Å². The Bertz CT molecular complexity index is 2010. The minimum absolute atomic E-state index is 0.0318. The second-order valence-electron chi connectivity index (χ2n) is 22.2. The molecule has 0 aliphatic carbocycles. The van der Waals surface area contributed by atoms with E-state index in [1.165, 1.54) is 50.2 Å². The van der Waals surface area contributed by atoms with Gasteiger partial charge in [0.05, 0.1) is 51.0 Å². The van der Waals surface area contributed by atoms with Gasteiger partial charge in [0.2, 0.25) is 59.1 Å². The van der Waals surface area contributed by atoms with Crippen LogP contribution in [0.15, 0.2) is 0 Å². The Labute approximate surface area is 484 Å². The van der Waals surface area contributed by atoms with Crippen molar-refractivity contribution >= 4 is 59.1 Å². The summed E-state index contributed by atoms with van der Waals surface area (Å²) in [6.07, 6.45) is 0.152. The van der Waals surface area contributed by atoms with Gasteiger partial charge in [0.1, 0.15) is 32.7 Å². The molecule has 24 nitrogen and oxygen atoms in total. The molecule has 0 saturated heterocycles. The summed E-state index contributed by atoms with van der Waals surface area (Å²) < 4.78 is 0. The third kappa shape index (κ3) is 26.6. The molecule has 0 saturated carbocycles. The molecule has 0 rings (SSSR count). The van der Waals surface area contributed by atoms with Crippen molar-refractivity contribution in [3.63, 3.8) is 0 Å². The number of carbonyl (C=O) groups is 10. The van der Waals surface area contributed by atoms with E-state index in [1.54, 1.807) is 41.5 Å². The highest BCUT2D eigenvalue weighted by molar-refractivity contribution is 5.94. The fourth-order valence-corrected chi connectivity index (χ4v) is 8.63. The van der Waals surface area contributed by atoms with Gasteiger partial charge in [0, 0.05) is 61.9 Å². The summed E-state index contributed by atoms with van der Waals surface area (Å²) in [5.74, 6) is -6.07. The van der Waals surface area contributed by atoms with Crippen molar-refractivity contribution in [3.8, 4) is 0 Å². The predicted molar refractivity (Wildman–Crippen MR) is 311 cm³/mol. The lowest BCUT2D eigenvalue weighted by Crippen LogP contribution is -2.56. The number of aliphatic hydroxyl groups is 3. The molecule has 0 fully saturated rings. The standard InChI is InChI=1S/C57H107N11O13/c1-18-38(8)59-25-49(73)64(40(10)20-3)35-56(80)65(41(11)21-4)34-52(76)62(28-47(17)71)32-54(78)68(44(14)24-7)37-57(81)66(42(12)22-5)33-51(75)60(26-45(15)69)30-50(74)61(27-46(16)70)31-53(77)67(43(13)23-6)36-55(79)63(29-48(58)72)39(9)19-2/h38-47,59,69-71H,18-37H2,1-17H3,(H2,58,72). The lowest BCUT2D eigenvalue weighted by Gasteiger charge is -2.37. The van der Waals surface area contributed by atoms with E-state index in [2.05, 4.69) is 5.32 Å². The smallest absolute Gasteiger partial charge is 0.242 e. The van der Waals surface area contributed by atoms with Gasteiger partial charge in [-0.15, -0.1) is 0 Å². The van der Waals surface area contributed by atoms with Crippen molar-refractivity contribution in [1.29, 1.82) is 0 Å². The van der Waals surface area contributed by atoms with Gasteiger partial charge in [-0.3, -0.25) is 47.9 Å². The second kappa shape index (κ2) is 38.3. The minimum Gasteiger partial charge on any atom is -0.392 e. The maximum atomic E-state index is 14.5. The van der Waals surface area contributed by atoms with Gasteiger partial charge in [0.15, 0.2) is 0 Å². The van der Waals surface area contributed by atoms with Crippen LogP contribution >= 0.6 is 0 Å². The van der Waals surface area contributed by atoms with E-state index < -0.39 is 141 Å². The molecular weight excluding hydrogens is 1050 g/mol. The van der Waals surface area contributed by atoms with Crippen LogP contribution in [-0.2, 0) is 47.9 Å². The number of hydrogen-bond donors (Lipinski definition) is 5. The van der Waals surface area contributed by atoms with E-state index >= 15 is 0 Å². The number of primary amides is 1. The largest absolute Gasteiger partial charge is 0.392 e. The van der Waals surface area contributed by atoms with Crippen molar-refractivity contribution < 1.29 is 63.3 Å². The van der Waals surface area contributed by atoms with Gasteiger partial charge in [0.25, 0.3) is 0 Å². The number of nitrogens with zero attached hydrogens (tertiary/aromatic N) is 9. The molecule has 0 aromatic heterocycles. The third-order valence-corrected chi connectivity index (χ3v) is 15.2. The highest BCUT2D eigenvalue weighted by Crippen LogP contribution is 2.16. The molecule has 0 aromatic rings. The van der Waals surface area contributed by atoms with Crippen molar-refractivity contribution in [2.75, 3.05) is 85.1 Å². The summed E-state index contributed by atoms with van der Waals surface area (Å²) in [4.78, 5) is 150. The molecule has 0 spiro atoms. The van der Waals surface area contributed by atoms with Crippen LogP contribution in [0.5, 0.6) is 0 Å². The van der Waals surface area contributed by atoms with E-state index in [0.717, 1.165) is 21.1 Å². The molecule has 0 aliphatic rings. The first-order valence-electron chi connectivity index (χ1n) is 29.4. The van der Waals surface area contributed by atoms with Crippen molar-refractivity contribution in [2.45, 2.75) is 223 Å². The zero-order valence-electron chi connectivity index (χ0n) is 52.4. The quantitative estimate of drug-likeness (QED) is 0.0578. The van der Waals surface area contributed by atoms with Gasteiger partial charge < -0.3 is 70.5 Å². The molecule has 0 aromatic carbocycles. The first-order valence-corrected chi connectivity index (χ1v) is 29.4. The number of hydrogen-bond acceptors (Lipinski definition) is 14. The van der Waals surface area contributed by atoms with Gasteiger partial charge >= 0.3 is 0 Å². The zero-order chi connectivity index (χ0) is 62.6. The molecule has 81 heavy (non-hydrogen) atoms. The summed E-state index contributed by atoms with van der Waals surface area (Å²) in [7, 11) is 0. The van der Waals surface area contributed by atoms with Crippen LogP contribution in [0.2, 0.25) is 0 Å². The van der Waals surface area contributed by atoms with E-state index in [9.17, 15) is 63.3 Å². The summed E-state index contributed by atoms with van der Waals surface area (Å²) >= 11 is 0. The van der Waals surface area contributed by atoms with Gasteiger partial charge in [-0.2, -0.15) is 0 Å². The average molecular weight is 1150 g/mol. The van der Waals surface area contributed by atoms with E-state index in [1.807, 2.05) is 55.4 Å². The van der Waals surface area contributed by atoms with E-state index in [0.29, 0.717) is 38.5 Å². The fraction of sp³-hybridized carbons (Fsp3) is 0.825. The number of carbonyl (C=O) groups excluding carboxylic acids is 10. The SMILES string of the molecule is CCC(C)NCC(=O)N(CC(=O)N(CC(=O)N(CC(=O)N(CC(=O)N(CC(=O)N(CC(=O)N(CC(=O)N(CC(=O)N(CC(N)=O)C(C)CC)C(C)CC)CC(C)O)CC(C)O)C(C)CC)C(C)CC)CC(C)O)C(C)CC)C(C)CC. The molecule has 10 atom stereocenters. The minimum atomic E-state index is -1.16. The molecule has 0 bridgehead atoms. The average Bonchev–Trinajstić information content (AvgIpc) is 3.41. The molecular formula is C57H107N11O13.